The first-order valence-electron chi connectivity index (χ1n) is 5.78. The summed E-state index contributed by atoms with van der Waals surface area (Å²) in [7, 11) is 0. The van der Waals surface area contributed by atoms with Crippen LogP contribution in [0.1, 0.15) is 31.2 Å². The Balaban J connectivity index is 1.89. The van der Waals surface area contributed by atoms with Gasteiger partial charge in [0.15, 0.2) is 0 Å². The van der Waals surface area contributed by atoms with Crippen LogP contribution in [0.3, 0.4) is 0 Å². The van der Waals surface area contributed by atoms with E-state index in [0.717, 1.165) is 18.4 Å². The van der Waals surface area contributed by atoms with E-state index in [2.05, 4.69) is 0 Å². The van der Waals surface area contributed by atoms with Gasteiger partial charge in [0.1, 0.15) is 6.10 Å². The fraction of sp³-hybridized carbons (Fsp3) is 0.462. The number of nitrogens with two attached hydrogens (primary N) is 1. The van der Waals surface area contributed by atoms with E-state index in [1.54, 1.807) is 6.07 Å². The van der Waals surface area contributed by atoms with Crippen molar-refractivity contribution in [2.24, 2.45) is 0 Å². The second kappa shape index (κ2) is 5.01. The van der Waals surface area contributed by atoms with Gasteiger partial charge < -0.3 is 10.5 Å². The van der Waals surface area contributed by atoms with Crippen molar-refractivity contribution in [1.29, 1.82) is 0 Å². The van der Waals surface area contributed by atoms with Crippen molar-refractivity contribution in [3.63, 3.8) is 0 Å². The van der Waals surface area contributed by atoms with Crippen molar-refractivity contribution in [1.82, 2.24) is 0 Å². The van der Waals surface area contributed by atoms with Gasteiger partial charge in [-0.2, -0.15) is 0 Å². The zero-order valence-corrected chi connectivity index (χ0v) is 9.32. The first-order valence-corrected chi connectivity index (χ1v) is 5.78. The molecule has 2 rings (SSSR count). The standard InChI is InChI=1S/C13H17NO2/c14-12-8-4-1-5-10(12)9-13(15)16-11-6-2-3-7-11/h1,4-5,8,11H,2-3,6-7,9,14H2. The Morgan fingerprint density at radius 2 is 2.00 bits per heavy atom. The number of para-hydroxylation sites is 1. The number of benzene rings is 1. The van der Waals surface area contributed by atoms with Crippen LogP contribution < -0.4 is 5.73 Å². The second-order valence-corrected chi connectivity index (χ2v) is 4.27. The van der Waals surface area contributed by atoms with Crippen LogP contribution in [-0.4, -0.2) is 12.1 Å². The summed E-state index contributed by atoms with van der Waals surface area (Å²) in [6.07, 6.45) is 4.78. The Kier molecular flexibility index (Phi) is 3.44. The minimum Gasteiger partial charge on any atom is -0.462 e. The van der Waals surface area contributed by atoms with E-state index in [4.69, 9.17) is 10.5 Å². The van der Waals surface area contributed by atoms with Crippen molar-refractivity contribution in [3.05, 3.63) is 29.8 Å². The van der Waals surface area contributed by atoms with Gasteiger partial charge in [0.25, 0.3) is 0 Å². The van der Waals surface area contributed by atoms with Crippen molar-refractivity contribution in [2.75, 3.05) is 5.73 Å². The topological polar surface area (TPSA) is 52.3 Å². The fourth-order valence-corrected chi connectivity index (χ4v) is 2.08. The molecule has 0 amide bonds. The number of hydrogen-bond acceptors (Lipinski definition) is 3. The van der Waals surface area contributed by atoms with Crippen LogP contribution in [0.2, 0.25) is 0 Å². The number of anilines is 1. The Morgan fingerprint density at radius 3 is 2.69 bits per heavy atom. The number of carbonyl (C=O) groups excluding carboxylic acids is 1. The summed E-state index contributed by atoms with van der Waals surface area (Å²) in [5.74, 6) is -0.162. The molecule has 0 aliphatic heterocycles. The zero-order chi connectivity index (χ0) is 11.4. The Bertz CT molecular complexity index is 370. The minimum absolute atomic E-state index is 0.137. The van der Waals surface area contributed by atoms with Crippen molar-refractivity contribution < 1.29 is 9.53 Å². The molecule has 1 fully saturated rings. The molecule has 16 heavy (non-hydrogen) atoms. The van der Waals surface area contributed by atoms with Gasteiger partial charge in [-0.05, 0) is 37.3 Å². The molecule has 0 bridgehead atoms. The van der Waals surface area contributed by atoms with Gasteiger partial charge >= 0.3 is 5.97 Å². The largest absolute Gasteiger partial charge is 0.462 e. The molecular formula is C13H17NO2. The molecule has 0 spiro atoms. The first kappa shape index (κ1) is 11.0. The molecule has 1 aromatic rings. The summed E-state index contributed by atoms with van der Waals surface area (Å²) >= 11 is 0. The maximum absolute atomic E-state index is 11.6. The molecule has 0 radical (unpaired) electrons. The third kappa shape index (κ3) is 2.75. The zero-order valence-electron chi connectivity index (χ0n) is 9.32. The van der Waals surface area contributed by atoms with Crippen LogP contribution in [0.15, 0.2) is 24.3 Å². The SMILES string of the molecule is Nc1ccccc1CC(=O)OC1CCCC1. The highest BCUT2D eigenvalue weighted by Gasteiger charge is 2.19. The number of esters is 1. The highest BCUT2D eigenvalue weighted by molar-refractivity contribution is 5.75. The van der Waals surface area contributed by atoms with E-state index in [9.17, 15) is 4.79 Å². The summed E-state index contributed by atoms with van der Waals surface area (Å²) in [5, 5.41) is 0. The lowest BCUT2D eigenvalue weighted by atomic mass is 10.1. The molecule has 1 aromatic carbocycles. The number of carbonyl (C=O) groups is 1. The number of nitrogen functional groups attached to an aromatic ring is 1. The Labute approximate surface area is 95.6 Å². The molecule has 0 atom stereocenters. The maximum atomic E-state index is 11.6. The average molecular weight is 219 g/mol. The van der Waals surface area contributed by atoms with Crippen LogP contribution >= 0.6 is 0 Å². The third-order valence-corrected chi connectivity index (χ3v) is 2.99. The van der Waals surface area contributed by atoms with Gasteiger partial charge in [-0.3, -0.25) is 4.79 Å². The number of ether oxygens (including phenoxy) is 1. The van der Waals surface area contributed by atoms with E-state index < -0.39 is 0 Å². The first-order chi connectivity index (χ1) is 7.75. The summed E-state index contributed by atoms with van der Waals surface area (Å²) in [6, 6.07) is 7.42. The lowest BCUT2D eigenvalue weighted by molar-refractivity contribution is -0.147. The van der Waals surface area contributed by atoms with Gasteiger partial charge in [0, 0.05) is 5.69 Å². The van der Waals surface area contributed by atoms with Gasteiger partial charge in [-0.1, -0.05) is 18.2 Å². The van der Waals surface area contributed by atoms with Crippen LogP contribution in [0, 0.1) is 0 Å². The van der Waals surface area contributed by atoms with Crippen LogP contribution in [0.25, 0.3) is 0 Å². The molecule has 86 valence electrons. The van der Waals surface area contributed by atoms with Crippen molar-refractivity contribution >= 4 is 11.7 Å². The molecule has 1 aliphatic rings. The summed E-state index contributed by atoms with van der Waals surface area (Å²) in [5.41, 5.74) is 7.28. The maximum Gasteiger partial charge on any atom is 0.310 e. The summed E-state index contributed by atoms with van der Waals surface area (Å²) in [4.78, 5) is 11.6. The molecule has 1 saturated carbocycles. The van der Waals surface area contributed by atoms with E-state index in [-0.39, 0.29) is 18.5 Å². The van der Waals surface area contributed by atoms with E-state index >= 15 is 0 Å². The van der Waals surface area contributed by atoms with Crippen molar-refractivity contribution in [2.45, 2.75) is 38.2 Å². The molecule has 2 N–H and O–H groups in total. The molecule has 0 heterocycles. The van der Waals surface area contributed by atoms with Gasteiger partial charge in [0.2, 0.25) is 0 Å². The predicted molar refractivity (Wildman–Crippen MR) is 62.9 cm³/mol. The normalized spacial score (nSPS) is 16.2. The third-order valence-electron chi connectivity index (χ3n) is 2.99. The molecule has 3 nitrogen and oxygen atoms in total. The van der Waals surface area contributed by atoms with E-state index in [0.29, 0.717) is 5.69 Å². The monoisotopic (exact) mass is 219 g/mol. The minimum atomic E-state index is -0.162. The summed E-state index contributed by atoms with van der Waals surface area (Å²) < 4.78 is 5.38. The van der Waals surface area contributed by atoms with Gasteiger partial charge in [-0.25, -0.2) is 0 Å². The molecular weight excluding hydrogens is 202 g/mol. The quantitative estimate of drug-likeness (QED) is 0.627. The van der Waals surface area contributed by atoms with E-state index in [1.807, 2.05) is 18.2 Å². The molecule has 0 aromatic heterocycles. The highest BCUT2D eigenvalue weighted by Crippen LogP contribution is 2.22. The molecule has 0 saturated heterocycles. The second-order valence-electron chi connectivity index (χ2n) is 4.27. The highest BCUT2D eigenvalue weighted by atomic mass is 16.5. The Morgan fingerprint density at radius 1 is 1.31 bits per heavy atom. The summed E-state index contributed by atoms with van der Waals surface area (Å²) in [6.45, 7) is 0. The van der Waals surface area contributed by atoms with E-state index in [1.165, 1.54) is 12.8 Å². The Hall–Kier alpha value is -1.51. The molecule has 3 heteroatoms. The lowest BCUT2D eigenvalue weighted by Crippen LogP contribution is -2.16. The van der Waals surface area contributed by atoms with Crippen LogP contribution in [0.4, 0.5) is 5.69 Å². The smallest absolute Gasteiger partial charge is 0.310 e. The van der Waals surface area contributed by atoms with Gasteiger partial charge in [-0.15, -0.1) is 0 Å². The van der Waals surface area contributed by atoms with Crippen LogP contribution in [0.5, 0.6) is 0 Å². The number of rotatable bonds is 3. The average Bonchev–Trinajstić information content (AvgIpc) is 2.74. The molecule has 0 unspecified atom stereocenters. The van der Waals surface area contributed by atoms with Crippen LogP contribution in [-0.2, 0) is 16.0 Å². The van der Waals surface area contributed by atoms with Crippen molar-refractivity contribution in [3.8, 4) is 0 Å². The predicted octanol–water partition coefficient (Wildman–Crippen LogP) is 2.30. The fourth-order valence-electron chi connectivity index (χ4n) is 2.08. The number of hydrogen-bond donors (Lipinski definition) is 1. The lowest BCUT2D eigenvalue weighted by Gasteiger charge is -2.11. The molecule has 1 aliphatic carbocycles. The van der Waals surface area contributed by atoms with Gasteiger partial charge in [0.05, 0.1) is 6.42 Å².